The summed E-state index contributed by atoms with van der Waals surface area (Å²) in [5, 5.41) is 1.03. The smallest absolute Gasteiger partial charge is 0.262 e. The largest absolute Gasteiger partial charge is 0.369 e. The molecule has 2 N–H and O–H groups in total. The number of fused-ring (bicyclic) bond motifs is 1. The van der Waals surface area contributed by atoms with Crippen LogP contribution in [0, 0.1) is 11.7 Å². The lowest BCUT2D eigenvalue weighted by Crippen LogP contribution is -2.41. The van der Waals surface area contributed by atoms with Crippen LogP contribution in [0.2, 0.25) is 0 Å². The third-order valence-electron chi connectivity index (χ3n) is 7.56. The van der Waals surface area contributed by atoms with Gasteiger partial charge < -0.3 is 10.6 Å². The zero-order valence-electron chi connectivity index (χ0n) is 20.7. The summed E-state index contributed by atoms with van der Waals surface area (Å²) in [6.45, 7) is 0.926. The van der Waals surface area contributed by atoms with Crippen molar-refractivity contribution in [3.8, 4) is 0 Å². The van der Waals surface area contributed by atoms with Gasteiger partial charge in [0.25, 0.3) is 11.5 Å². The van der Waals surface area contributed by atoms with Gasteiger partial charge in [-0.05, 0) is 55.5 Å². The second-order valence-corrected chi connectivity index (χ2v) is 10.9. The number of halogens is 1. The Kier molecular flexibility index (Phi) is 7.60. The molecule has 7 nitrogen and oxygen atoms in total. The summed E-state index contributed by atoms with van der Waals surface area (Å²) in [5.41, 5.74) is 6.78. The fourth-order valence-electron chi connectivity index (χ4n) is 5.38. The number of thioether (sulfide) groups is 1. The van der Waals surface area contributed by atoms with Crippen molar-refractivity contribution in [2.24, 2.45) is 11.7 Å². The zero-order valence-corrected chi connectivity index (χ0v) is 21.5. The second kappa shape index (κ2) is 11.0. The van der Waals surface area contributed by atoms with Crippen molar-refractivity contribution >= 4 is 34.5 Å². The van der Waals surface area contributed by atoms with Gasteiger partial charge in [0.15, 0.2) is 5.16 Å². The van der Waals surface area contributed by atoms with E-state index in [-0.39, 0.29) is 35.2 Å². The van der Waals surface area contributed by atoms with E-state index in [4.69, 9.17) is 10.7 Å². The number of piperidine rings is 1. The summed E-state index contributed by atoms with van der Waals surface area (Å²) in [6, 6.07) is 11.7. The van der Waals surface area contributed by atoms with E-state index in [9.17, 15) is 18.8 Å². The molecule has 1 aliphatic heterocycles. The Morgan fingerprint density at radius 3 is 2.46 bits per heavy atom. The second-order valence-electron chi connectivity index (χ2n) is 9.94. The average molecular weight is 523 g/mol. The van der Waals surface area contributed by atoms with Gasteiger partial charge in [0.05, 0.1) is 10.9 Å². The first kappa shape index (κ1) is 25.4. The van der Waals surface area contributed by atoms with Gasteiger partial charge in [-0.2, -0.15) is 0 Å². The molecule has 0 atom stereocenters. The summed E-state index contributed by atoms with van der Waals surface area (Å²) in [7, 11) is 0. The van der Waals surface area contributed by atoms with Crippen LogP contribution in [0.5, 0.6) is 0 Å². The predicted octanol–water partition coefficient (Wildman–Crippen LogP) is 4.67. The molecule has 2 heterocycles. The van der Waals surface area contributed by atoms with Crippen LogP contribution in [-0.2, 0) is 10.5 Å². The lowest BCUT2D eigenvalue weighted by molar-refractivity contribution is -0.123. The Labute approximate surface area is 219 Å². The molecule has 0 bridgehead atoms. The van der Waals surface area contributed by atoms with Crippen molar-refractivity contribution in [3.63, 3.8) is 0 Å². The van der Waals surface area contributed by atoms with Gasteiger partial charge in [0.1, 0.15) is 5.82 Å². The fourth-order valence-corrected chi connectivity index (χ4v) is 6.43. The maximum absolute atomic E-state index is 14.3. The monoisotopic (exact) mass is 522 g/mol. The van der Waals surface area contributed by atoms with Crippen molar-refractivity contribution in [1.29, 1.82) is 0 Å². The number of benzene rings is 2. The lowest BCUT2D eigenvalue weighted by atomic mass is 9.95. The molecule has 0 spiro atoms. The van der Waals surface area contributed by atoms with Crippen LogP contribution in [0.3, 0.4) is 0 Å². The van der Waals surface area contributed by atoms with Gasteiger partial charge in [0, 0.05) is 36.4 Å². The quantitative estimate of drug-likeness (QED) is 0.375. The van der Waals surface area contributed by atoms with E-state index in [2.05, 4.69) is 0 Å². The molecule has 3 aromatic rings. The summed E-state index contributed by atoms with van der Waals surface area (Å²) >= 11 is 1.35. The fraction of sp³-hybridized carbons (Fsp3) is 0.429. The molecule has 2 fully saturated rings. The van der Waals surface area contributed by atoms with E-state index in [0.717, 1.165) is 32.1 Å². The number of aromatic nitrogens is 2. The number of hydrogen-bond acceptors (Lipinski definition) is 5. The van der Waals surface area contributed by atoms with E-state index in [0.29, 0.717) is 58.9 Å². The zero-order chi connectivity index (χ0) is 25.9. The van der Waals surface area contributed by atoms with Crippen molar-refractivity contribution in [2.75, 3.05) is 13.1 Å². The Hall–Kier alpha value is -3.20. The van der Waals surface area contributed by atoms with Crippen molar-refractivity contribution in [1.82, 2.24) is 14.5 Å². The van der Waals surface area contributed by atoms with Gasteiger partial charge in [0.2, 0.25) is 5.91 Å². The van der Waals surface area contributed by atoms with Crippen LogP contribution in [0.4, 0.5) is 4.39 Å². The molecule has 0 unspecified atom stereocenters. The predicted molar refractivity (Wildman–Crippen MR) is 142 cm³/mol. The van der Waals surface area contributed by atoms with Gasteiger partial charge in [-0.25, -0.2) is 9.37 Å². The molecule has 194 valence electrons. The SMILES string of the molecule is NC(=O)C1CCN(C(=O)c2ccc3c(=O)n(C4CCCCC4)c(SCc4ccccc4F)nc3c2)CC1. The van der Waals surface area contributed by atoms with E-state index in [1.54, 1.807) is 45.9 Å². The number of carbonyl (C=O) groups is 2. The molecule has 1 aliphatic carbocycles. The van der Waals surface area contributed by atoms with Crippen LogP contribution in [0.15, 0.2) is 52.4 Å². The molecule has 2 amide bonds. The third-order valence-corrected chi connectivity index (χ3v) is 8.56. The summed E-state index contributed by atoms with van der Waals surface area (Å²) in [4.78, 5) is 45.0. The minimum absolute atomic E-state index is 0.0640. The first-order chi connectivity index (χ1) is 17.9. The molecule has 0 radical (unpaired) electrons. The number of nitrogens with two attached hydrogens (primary N) is 1. The van der Waals surface area contributed by atoms with E-state index in [1.807, 2.05) is 0 Å². The van der Waals surface area contributed by atoms with Crippen molar-refractivity contribution in [3.05, 3.63) is 69.8 Å². The minimum atomic E-state index is -0.323. The molecule has 1 aromatic heterocycles. The summed E-state index contributed by atoms with van der Waals surface area (Å²) in [6.07, 6.45) is 6.22. The molecule has 2 aromatic carbocycles. The highest BCUT2D eigenvalue weighted by Crippen LogP contribution is 2.32. The molecule has 5 rings (SSSR count). The Bertz CT molecular complexity index is 1380. The average Bonchev–Trinajstić information content (AvgIpc) is 2.92. The number of likely N-dealkylation sites (tertiary alicyclic amines) is 1. The number of amides is 2. The summed E-state index contributed by atoms with van der Waals surface area (Å²) in [5.74, 6) is -0.602. The number of primary amides is 1. The highest BCUT2D eigenvalue weighted by Gasteiger charge is 2.27. The molecule has 1 saturated carbocycles. The number of rotatable bonds is 6. The van der Waals surface area contributed by atoms with Gasteiger partial charge in [-0.3, -0.25) is 19.0 Å². The number of hydrogen-bond donors (Lipinski definition) is 1. The molecule has 2 aliphatic rings. The maximum Gasteiger partial charge on any atom is 0.262 e. The standard InChI is InChI=1S/C28H31FN4O3S/c29-23-9-5-4-6-20(23)17-37-28-31-24-16-19(26(35)32-14-12-18(13-15-32)25(30)34)10-11-22(24)27(36)33(28)21-7-2-1-3-8-21/h4-6,9-11,16,18,21H,1-3,7-8,12-15,17H2,(H2,30,34). The summed E-state index contributed by atoms with van der Waals surface area (Å²) < 4.78 is 16.1. The van der Waals surface area contributed by atoms with Gasteiger partial charge >= 0.3 is 0 Å². The highest BCUT2D eigenvalue weighted by molar-refractivity contribution is 7.98. The Morgan fingerprint density at radius 1 is 1.03 bits per heavy atom. The molecule has 9 heteroatoms. The van der Waals surface area contributed by atoms with Crippen LogP contribution >= 0.6 is 11.8 Å². The third kappa shape index (κ3) is 5.42. The van der Waals surface area contributed by atoms with Crippen LogP contribution in [0.25, 0.3) is 10.9 Å². The van der Waals surface area contributed by atoms with Gasteiger partial charge in [-0.15, -0.1) is 0 Å². The number of carbonyl (C=O) groups excluding carboxylic acids is 2. The van der Waals surface area contributed by atoms with Crippen molar-refractivity contribution < 1.29 is 14.0 Å². The first-order valence-electron chi connectivity index (χ1n) is 12.9. The van der Waals surface area contributed by atoms with Crippen LogP contribution in [0.1, 0.15) is 66.9 Å². The van der Waals surface area contributed by atoms with E-state index < -0.39 is 0 Å². The normalized spacial score (nSPS) is 17.3. The van der Waals surface area contributed by atoms with Crippen LogP contribution < -0.4 is 11.3 Å². The van der Waals surface area contributed by atoms with E-state index >= 15 is 0 Å². The molecular formula is C28H31FN4O3S. The first-order valence-corrected chi connectivity index (χ1v) is 13.9. The highest BCUT2D eigenvalue weighted by atomic mass is 32.2. The lowest BCUT2D eigenvalue weighted by Gasteiger charge is -2.30. The number of nitrogens with zero attached hydrogens (tertiary/aromatic N) is 3. The molecule has 37 heavy (non-hydrogen) atoms. The Morgan fingerprint density at radius 2 is 1.76 bits per heavy atom. The Balaban J connectivity index is 1.48. The maximum atomic E-state index is 14.3. The molecular weight excluding hydrogens is 491 g/mol. The van der Waals surface area contributed by atoms with Crippen molar-refractivity contribution in [2.45, 2.75) is 61.9 Å². The van der Waals surface area contributed by atoms with E-state index in [1.165, 1.54) is 17.8 Å². The van der Waals surface area contributed by atoms with Gasteiger partial charge in [-0.1, -0.05) is 49.2 Å². The minimum Gasteiger partial charge on any atom is -0.369 e. The molecule has 1 saturated heterocycles. The topological polar surface area (TPSA) is 98.3 Å². The van der Waals surface area contributed by atoms with Crippen LogP contribution in [-0.4, -0.2) is 39.4 Å².